The van der Waals surface area contributed by atoms with Crippen LogP contribution in [0.3, 0.4) is 0 Å². The number of ether oxygens (including phenoxy) is 5. The molecule has 4 unspecified atom stereocenters. The van der Waals surface area contributed by atoms with Gasteiger partial charge < -0.3 is 34.1 Å². The van der Waals surface area contributed by atoms with Gasteiger partial charge in [-0.3, -0.25) is 0 Å². The van der Waals surface area contributed by atoms with Gasteiger partial charge in [-0.2, -0.15) is 9.57 Å². The average molecular weight is 658 g/mol. The summed E-state index contributed by atoms with van der Waals surface area (Å²) in [5.74, 6) is 0.729. The third-order valence-corrected chi connectivity index (χ3v) is 10.5. The number of nitrogens with zero attached hydrogens (tertiary/aromatic N) is 2. The summed E-state index contributed by atoms with van der Waals surface area (Å²) in [5, 5.41) is 23.5. The molecule has 2 N–H and O–H groups in total. The van der Waals surface area contributed by atoms with E-state index in [9.17, 15) is 18.3 Å². The fourth-order valence-electron chi connectivity index (χ4n) is 6.16. The monoisotopic (exact) mass is 657 g/mol. The molecule has 0 radical (unpaired) electrons. The van der Waals surface area contributed by atoms with Crippen molar-refractivity contribution in [1.82, 2.24) is 9.62 Å². The molecule has 13 heteroatoms. The summed E-state index contributed by atoms with van der Waals surface area (Å²) in [6.45, 7) is 4.50. The van der Waals surface area contributed by atoms with Crippen molar-refractivity contribution in [2.75, 3.05) is 33.1 Å². The van der Waals surface area contributed by atoms with Gasteiger partial charge >= 0.3 is 6.09 Å². The van der Waals surface area contributed by atoms with Gasteiger partial charge in [-0.25, -0.2) is 13.2 Å². The van der Waals surface area contributed by atoms with Crippen molar-refractivity contribution < 1.29 is 42.0 Å². The number of carbonyl (C=O) groups excluding carboxylic acids is 1. The minimum atomic E-state index is -4.14. The predicted octanol–water partition coefficient (Wildman–Crippen LogP) is 3.98. The van der Waals surface area contributed by atoms with Crippen LogP contribution in [0.5, 0.6) is 11.5 Å². The standard InChI is InChI=1S/C33H43N3O9S/c1-33(2,14-7-4-8-15-34)21-36(46(39,40)24-11-12-28-29(18-24)44-22-43-28)19-27(37)26(17-23-9-5-3-6-10-23)35-32(38)45-30-20-42-31-25(30)13-16-41-31/h3,5-6,9-12,18,25-27,30-31,37H,4,7-8,13-14,16-17,19-22H2,1-2H3,(H,35,38)/t25?,26-,27?,30?,31?/m0/s1. The highest BCUT2D eigenvalue weighted by molar-refractivity contribution is 7.89. The van der Waals surface area contributed by atoms with E-state index >= 15 is 0 Å². The maximum absolute atomic E-state index is 14.2. The lowest BCUT2D eigenvalue weighted by atomic mass is 9.86. The van der Waals surface area contributed by atoms with Crippen molar-refractivity contribution in [3.63, 3.8) is 0 Å². The summed E-state index contributed by atoms with van der Waals surface area (Å²) in [6, 6.07) is 15.1. The largest absolute Gasteiger partial charge is 0.454 e. The number of benzene rings is 2. The average Bonchev–Trinajstić information content (AvgIpc) is 3.78. The van der Waals surface area contributed by atoms with E-state index in [1.54, 1.807) is 6.07 Å². The zero-order valence-corrected chi connectivity index (χ0v) is 27.1. The zero-order chi connectivity index (χ0) is 32.7. The highest BCUT2D eigenvalue weighted by atomic mass is 32.2. The van der Waals surface area contributed by atoms with E-state index in [0.29, 0.717) is 37.4 Å². The molecule has 12 nitrogen and oxygen atoms in total. The Morgan fingerprint density at radius 1 is 1.15 bits per heavy atom. The first-order chi connectivity index (χ1) is 22.1. The highest BCUT2D eigenvalue weighted by Gasteiger charge is 2.44. The summed E-state index contributed by atoms with van der Waals surface area (Å²) in [5.41, 5.74) is 0.366. The van der Waals surface area contributed by atoms with E-state index in [1.165, 1.54) is 16.4 Å². The number of aliphatic hydroxyl groups is 1. The molecule has 0 aliphatic carbocycles. The lowest BCUT2D eigenvalue weighted by Crippen LogP contribution is -2.52. The molecular weight excluding hydrogens is 614 g/mol. The molecule has 2 fully saturated rings. The van der Waals surface area contributed by atoms with Crippen LogP contribution in [0.25, 0.3) is 0 Å². The highest BCUT2D eigenvalue weighted by Crippen LogP contribution is 2.36. The summed E-state index contributed by atoms with van der Waals surface area (Å²) in [7, 11) is -4.14. The van der Waals surface area contributed by atoms with Gasteiger partial charge in [0.2, 0.25) is 16.8 Å². The van der Waals surface area contributed by atoms with Crippen molar-refractivity contribution in [3.05, 3.63) is 54.1 Å². The summed E-state index contributed by atoms with van der Waals surface area (Å²) < 4.78 is 57.3. The molecule has 0 spiro atoms. The predicted molar refractivity (Wildman–Crippen MR) is 166 cm³/mol. The van der Waals surface area contributed by atoms with E-state index in [2.05, 4.69) is 11.4 Å². The second-order valence-corrected chi connectivity index (χ2v) is 14.8. The number of sulfonamides is 1. The Kier molecular flexibility index (Phi) is 11.1. The maximum atomic E-state index is 14.2. The number of rotatable bonds is 15. The van der Waals surface area contributed by atoms with Gasteiger partial charge in [-0.1, -0.05) is 50.6 Å². The molecular formula is C33H43N3O9S. The number of alkyl carbamates (subject to hydrolysis) is 1. The zero-order valence-electron chi connectivity index (χ0n) is 26.3. The molecule has 3 aliphatic rings. The van der Waals surface area contributed by atoms with Crippen LogP contribution < -0.4 is 14.8 Å². The second-order valence-electron chi connectivity index (χ2n) is 12.8. The molecule has 250 valence electrons. The molecule has 0 aromatic heterocycles. The molecule has 5 atom stereocenters. The van der Waals surface area contributed by atoms with Gasteiger partial charge in [-0.15, -0.1) is 0 Å². The fourth-order valence-corrected chi connectivity index (χ4v) is 7.82. The Morgan fingerprint density at radius 3 is 2.72 bits per heavy atom. The number of amides is 1. The number of aliphatic hydroxyl groups excluding tert-OH is 1. The van der Waals surface area contributed by atoms with Crippen LogP contribution in [0.2, 0.25) is 0 Å². The van der Waals surface area contributed by atoms with Crippen LogP contribution >= 0.6 is 0 Å². The second kappa shape index (κ2) is 15.0. The number of hydrogen-bond donors (Lipinski definition) is 2. The topological polar surface area (TPSA) is 157 Å². The molecule has 0 bridgehead atoms. The molecule has 2 aromatic rings. The third kappa shape index (κ3) is 8.49. The normalized spacial score (nSPS) is 21.8. The van der Waals surface area contributed by atoms with Gasteiger partial charge in [0.1, 0.15) is 6.10 Å². The minimum absolute atomic E-state index is 0.00132. The van der Waals surface area contributed by atoms with Crippen LogP contribution in [0.1, 0.15) is 51.5 Å². The maximum Gasteiger partial charge on any atom is 0.407 e. The summed E-state index contributed by atoms with van der Waals surface area (Å²) in [6.07, 6.45) is 0.640. The van der Waals surface area contributed by atoms with Crippen LogP contribution in [-0.4, -0.2) is 81.6 Å². The smallest absolute Gasteiger partial charge is 0.407 e. The van der Waals surface area contributed by atoms with Gasteiger partial charge in [-0.05, 0) is 48.8 Å². The van der Waals surface area contributed by atoms with Gasteiger partial charge in [0.05, 0.1) is 42.2 Å². The number of carbonyl (C=O) groups is 1. The van der Waals surface area contributed by atoms with E-state index < -0.39 is 39.8 Å². The number of nitrogens with one attached hydrogen (secondary N) is 1. The first-order valence-electron chi connectivity index (χ1n) is 15.7. The molecule has 46 heavy (non-hydrogen) atoms. The van der Waals surface area contributed by atoms with E-state index in [4.69, 9.17) is 28.9 Å². The first kappa shape index (κ1) is 33.9. The van der Waals surface area contributed by atoms with Gasteiger partial charge in [0.25, 0.3) is 0 Å². The summed E-state index contributed by atoms with van der Waals surface area (Å²) >= 11 is 0. The third-order valence-electron chi connectivity index (χ3n) is 8.68. The molecule has 2 aromatic carbocycles. The molecule has 1 amide bonds. The van der Waals surface area contributed by atoms with Gasteiger partial charge in [0.15, 0.2) is 17.8 Å². The van der Waals surface area contributed by atoms with Crippen molar-refractivity contribution in [2.24, 2.45) is 11.3 Å². The Bertz CT molecular complexity index is 1480. The van der Waals surface area contributed by atoms with Gasteiger partial charge in [0, 0.05) is 25.6 Å². The quantitative estimate of drug-likeness (QED) is 0.269. The van der Waals surface area contributed by atoms with Crippen molar-refractivity contribution in [2.45, 2.75) is 81.8 Å². The lowest BCUT2D eigenvalue weighted by Gasteiger charge is -2.35. The van der Waals surface area contributed by atoms with Crippen LogP contribution in [0.4, 0.5) is 4.79 Å². The van der Waals surface area contributed by atoms with Crippen LogP contribution in [-0.2, 0) is 30.7 Å². The fraction of sp³-hybridized carbons (Fsp3) is 0.576. The van der Waals surface area contributed by atoms with E-state index in [-0.39, 0.29) is 50.0 Å². The Hall–Kier alpha value is -3.41. The van der Waals surface area contributed by atoms with E-state index in [1.807, 2.05) is 44.2 Å². The van der Waals surface area contributed by atoms with Crippen molar-refractivity contribution >= 4 is 16.1 Å². The summed E-state index contributed by atoms with van der Waals surface area (Å²) in [4.78, 5) is 13.2. The van der Waals surface area contributed by atoms with Crippen LogP contribution in [0, 0.1) is 22.7 Å². The number of hydrogen-bond acceptors (Lipinski definition) is 10. The van der Waals surface area contributed by atoms with Crippen molar-refractivity contribution in [1.29, 1.82) is 5.26 Å². The Balaban J connectivity index is 1.36. The Morgan fingerprint density at radius 2 is 1.93 bits per heavy atom. The minimum Gasteiger partial charge on any atom is -0.454 e. The molecule has 3 aliphatic heterocycles. The number of nitriles is 1. The van der Waals surface area contributed by atoms with E-state index in [0.717, 1.165) is 18.4 Å². The molecule has 3 heterocycles. The number of unbranched alkanes of at least 4 members (excludes halogenated alkanes) is 2. The molecule has 0 saturated carbocycles. The van der Waals surface area contributed by atoms with Crippen molar-refractivity contribution in [3.8, 4) is 17.6 Å². The molecule has 5 rings (SSSR count). The Labute approximate surface area is 270 Å². The lowest BCUT2D eigenvalue weighted by molar-refractivity contribution is -0.0907. The first-order valence-corrected chi connectivity index (χ1v) is 17.2. The number of fused-ring (bicyclic) bond motifs is 2. The SMILES string of the molecule is CC(C)(CCCCC#N)CN(CC(O)[C@H](Cc1ccccc1)NC(=O)OC1COC2OCCC12)S(=O)(=O)c1ccc2c(c1)OCO2. The van der Waals surface area contributed by atoms with Crippen LogP contribution in [0.15, 0.2) is 53.4 Å². The molecule has 2 saturated heterocycles.